The second-order valence-corrected chi connectivity index (χ2v) is 11.4. The summed E-state index contributed by atoms with van der Waals surface area (Å²) < 4.78 is 38.7. The maximum atomic E-state index is 13.8. The van der Waals surface area contributed by atoms with Crippen molar-refractivity contribution in [3.8, 4) is 11.3 Å². The third-order valence-corrected chi connectivity index (χ3v) is 8.57. The maximum Gasteiger partial charge on any atom is 0.257 e. The number of hydrogen-bond acceptors (Lipinski definition) is 4. The van der Waals surface area contributed by atoms with Gasteiger partial charge in [-0.2, -0.15) is 0 Å². The van der Waals surface area contributed by atoms with E-state index in [4.69, 9.17) is 0 Å². The minimum atomic E-state index is -4.18. The van der Waals surface area contributed by atoms with Crippen molar-refractivity contribution in [1.29, 1.82) is 0 Å². The first kappa shape index (κ1) is 26.4. The van der Waals surface area contributed by atoms with Crippen molar-refractivity contribution < 1.29 is 22.4 Å². The highest BCUT2D eigenvalue weighted by molar-refractivity contribution is 7.89. The number of carbonyl (C=O) groups excluding carboxylic acids is 2. The first-order chi connectivity index (χ1) is 19.8. The smallest absolute Gasteiger partial charge is 0.257 e. The van der Waals surface area contributed by atoms with Crippen LogP contribution in [0.5, 0.6) is 0 Å². The van der Waals surface area contributed by atoms with Crippen LogP contribution in [0.3, 0.4) is 0 Å². The van der Waals surface area contributed by atoms with Gasteiger partial charge in [0.2, 0.25) is 0 Å². The SMILES string of the molecule is CC(C(=O)NNS(=O)(=O)c1ccc(F)cc1)N1C(=O)c2ccccc2C1c1c(-c2ccccc2)[nH]c2ccccc12. The van der Waals surface area contributed by atoms with Gasteiger partial charge in [0, 0.05) is 22.0 Å². The van der Waals surface area contributed by atoms with Gasteiger partial charge in [0.25, 0.3) is 21.8 Å². The van der Waals surface area contributed by atoms with E-state index in [0.29, 0.717) is 5.56 Å². The molecule has 10 heteroatoms. The Hall–Kier alpha value is -4.80. The van der Waals surface area contributed by atoms with Crippen molar-refractivity contribution in [1.82, 2.24) is 20.1 Å². The second kappa shape index (κ2) is 10.3. The van der Waals surface area contributed by atoms with E-state index in [1.54, 1.807) is 19.1 Å². The number of para-hydroxylation sites is 1. The lowest BCUT2D eigenvalue weighted by atomic mass is 9.92. The zero-order chi connectivity index (χ0) is 28.7. The molecule has 2 amide bonds. The zero-order valence-corrected chi connectivity index (χ0v) is 22.7. The van der Waals surface area contributed by atoms with Crippen LogP contribution in [0.2, 0.25) is 0 Å². The topological polar surface area (TPSA) is 111 Å². The predicted molar refractivity (Wildman–Crippen MR) is 153 cm³/mol. The van der Waals surface area contributed by atoms with Gasteiger partial charge in [0.15, 0.2) is 0 Å². The number of benzene rings is 4. The van der Waals surface area contributed by atoms with Crippen molar-refractivity contribution >= 4 is 32.7 Å². The van der Waals surface area contributed by atoms with Crippen LogP contribution in [0, 0.1) is 5.82 Å². The second-order valence-electron chi connectivity index (χ2n) is 9.75. The lowest BCUT2D eigenvalue weighted by Gasteiger charge is -2.31. The Morgan fingerprint density at radius 3 is 2.32 bits per heavy atom. The summed E-state index contributed by atoms with van der Waals surface area (Å²) >= 11 is 0. The Balaban J connectivity index is 1.40. The van der Waals surface area contributed by atoms with Gasteiger partial charge in [-0.1, -0.05) is 66.7 Å². The minimum absolute atomic E-state index is 0.222. The van der Waals surface area contributed by atoms with E-state index in [2.05, 4.69) is 15.2 Å². The van der Waals surface area contributed by atoms with Gasteiger partial charge in [-0.25, -0.2) is 12.8 Å². The Morgan fingerprint density at radius 1 is 0.902 bits per heavy atom. The molecular formula is C31H25FN4O4S. The number of nitrogens with one attached hydrogen (secondary N) is 3. The number of aromatic nitrogens is 1. The highest BCUT2D eigenvalue weighted by Gasteiger charge is 2.44. The normalized spacial score (nSPS) is 15.6. The van der Waals surface area contributed by atoms with E-state index in [1.165, 1.54) is 4.90 Å². The maximum absolute atomic E-state index is 13.8. The molecule has 0 saturated heterocycles. The van der Waals surface area contributed by atoms with Crippen LogP contribution < -0.4 is 10.3 Å². The Bertz CT molecular complexity index is 1890. The van der Waals surface area contributed by atoms with Gasteiger partial charge in [-0.15, -0.1) is 4.83 Å². The molecular weight excluding hydrogens is 543 g/mol. The Morgan fingerprint density at radius 2 is 1.56 bits per heavy atom. The monoisotopic (exact) mass is 568 g/mol. The summed E-state index contributed by atoms with van der Waals surface area (Å²) in [5.41, 5.74) is 6.88. The Labute approximate surface area is 235 Å². The standard InChI is InChI=1S/C31H25FN4O4S/c1-19(30(37)34-35-41(39,40)22-17-15-21(32)16-18-22)36-29(23-11-5-6-12-24(23)31(36)38)27-25-13-7-8-14-26(25)33-28(27)20-9-3-2-4-10-20/h2-19,29,33,35H,1H3,(H,34,37). The summed E-state index contributed by atoms with van der Waals surface area (Å²) in [6.07, 6.45) is 0. The number of amides is 2. The van der Waals surface area contributed by atoms with Gasteiger partial charge in [-0.05, 0) is 54.4 Å². The fourth-order valence-corrected chi connectivity index (χ4v) is 6.18. The van der Waals surface area contributed by atoms with Gasteiger partial charge in [0.1, 0.15) is 11.9 Å². The molecule has 4 aromatic carbocycles. The summed E-state index contributed by atoms with van der Waals surface area (Å²) in [4.78, 5) is 34.1. The average molecular weight is 569 g/mol. The number of sulfonamides is 1. The van der Waals surface area contributed by atoms with E-state index in [0.717, 1.165) is 57.6 Å². The first-order valence-corrected chi connectivity index (χ1v) is 14.4. The largest absolute Gasteiger partial charge is 0.354 e. The van der Waals surface area contributed by atoms with E-state index in [-0.39, 0.29) is 10.8 Å². The molecule has 0 bridgehead atoms. The lowest BCUT2D eigenvalue weighted by molar-refractivity contribution is -0.126. The third-order valence-electron chi connectivity index (χ3n) is 7.31. The van der Waals surface area contributed by atoms with Crippen LogP contribution >= 0.6 is 0 Å². The number of rotatable bonds is 7. The number of halogens is 1. The lowest BCUT2D eigenvalue weighted by Crippen LogP contribution is -2.52. The molecule has 3 N–H and O–H groups in total. The number of aromatic amines is 1. The highest BCUT2D eigenvalue weighted by atomic mass is 32.2. The van der Waals surface area contributed by atoms with Gasteiger partial charge in [0.05, 0.1) is 16.6 Å². The molecule has 0 spiro atoms. The molecule has 6 rings (SSSR count). The minimum Gasteiger partial charge on any atom is -0.354 e. The fourth-order valence-electron chi connectivity index (χ4n) is 5.33. The van der Waals surface area contributed by atoms with Crippen LogP contribution in [0.15, 0.2) is 108 Å². The van der Waals surface area contributed by atoms with Crippen molar-refractivity contribution in [3.05, 3.63) is 126 Å². The number of H-pyrrole nitrogens is 1. The average Bonchev–Trinajstić information content (AvgIpc) is 3.51. The molecule has 8 nitrogen and oxygen atoms in total. The van der Waals surface area contributed by atoms with Gasteiger partial charge >= 0.3 is 0 Å². The molecule has 0 saturated carbocycles. The van der Waals surface area contributed by atoms with Crippen molar-refractivity contribution in [3.63, 3.8) is 0 Å². The van der Waals surface area contributed by atoms with Gasteiger partial charge in [-0.3, -0.25) is 15.0 Å². The third kappa shape index (κ3) is 4.66. The molecule has 5 aromatic rings. The van der Waals surface area contributed by atoms with Crippen LogP contribution in [0.25, 0.3) is 22.2 Å². The molecule has 0 aliphatic carbocycles. The number of fused-ring (bicyclic) bond motifs is 2. The molecule has 1 aromatic heterocycles. The molecule has 41 heavy (non-hydrogen) atoms. The number of hydrazine groups is 1. The fraction of sp³-hybridized carbons (Fsp3) is 0.0968. The van der Waals surface area contributed by atoms with E-state index >= 15 is 0 Å². The van der Waals surface area contributed by atoms with E-state index < -0.39 is 33.8 Å². The zero-order valence-electron chi connectivity index (χ0n) is 21.8. The number of hydrogen-bond donors (Lipinski definition) is 3. The number of nitrogens with zero attached hydrogens (tertiary/aromatic N) is 1. The van der Waals surface area contributed by atoms with Crippen LogP contribution in [-0.2, 0) is 14.8 Å². The van der Waals surface area contributed by atoms with Crippen molar-refractivity contribution in [2.24, 2.45) is 0 Å². The molecule has 1 aliphatic heterocycles. The molecule has 1 aliphatic rings. The number of carbonyl (C=O) groups is 2. The van der Waals surface area contributed by atoms with E-state index in [1.807, 2.05) is 66.7 Å². The first-order valence-electron chi connectivity index (χ1n) is 12.9. The van der Waals surface area contributed by atoms with E-state index in [9.17, 15) is 22.4 Å². The summed E-state index contributed by atoms with van der Waals surface area (Å²) in [6.45, 7) is 1.55. The summed E-state index contributed by atoms with van der Waals surface area (Å²) in [7, 11) is -4.18. The quantitative estimate of drug-likeness (QED) is 0.242. The van der Waals surface area contributed by atoms with Crippen molar-refractivity contribution in [2.75, 3.05) is 0 Å². The summed E-state index contributed by atoms with van der Waals surface area (Å²) in [6, 6.07) is 27.2. The van der Waals surface area contributed by atoms with Gasteiger partial charge < -0.3 is 9.88 Å². The Kier molecular flexibility index (Phi) is 6.64. The molecule has 0 fully saturated rings. The predicted octanol–water partition coefficient (Wildman–Crippen LogP) is 4.92. The summed E-state index contributed by atoms with van der Waals surface area (Å²) in [5.74, 6) is -1.67. The van der Waals surface area contributed by atoms with Crippen LogP contribution in [0.1, 0.15) is 34.5 Å². The molecule has 206 valence electrons. The van der Waals surface area contributed by atoms with Crippen molar-refractivity contribution in [2.45, 2.75) is 23.9 Å². The molecule has 2 heterocycles. The molecule has 2 unspecified atom stereocenters. The summed E-state index contributed by atoms with van der Waals surface area (Å²) in [5, 5.41) is 0.899. The van der Waals surface area contributed by atoms with Crippen LogP contribution in [0.4, 0.5) is 4.39 Å². The molecule has 0 radical (unpaired) electrons. The molecule has 2 atom stereocenters. The highest BCUT2D eigenvalue weighted by Crippen LogP contribution is 2.46. The van der Waals surface area contributed by atoms with Crippen LogP contribution in [-0.4, -0.2) is 36.2 Å².